The summed E-state index contributed by atoms with van der Waals surface area (Å²) in [5.41, 5.74) is 8.74. The fraction of sp³-hybridized carbons (Fsp3) is 0.320. The Morgan fingerprint density at radius 1 is 1.24 bits per heavy atom. The number of hydrogen-bond donors (Lipinski definition) is 1. The van der Waals surface area contributed by atoms with Crippen molar-refractivity contribution >= 4 is 45.1 Å². The molecule has 2 N–H and O–H groups in total. The van der Waals surface area contributed by atoms with E-state index in [1.165, 1.54) is 0 Å². The van der Waals surface area contributed by atoms with Crippen molar-refractivity contribution in [2.45, 2.75) is 39.5 Å². The van der Waals surface area contributed by atoms with E-state index >= 15 is 0 Å². The first-order valence-electron chi connectivity index (χ1n) is 10.7. The highest BCUT2D eigenvalue weighted by Crippen LogP contribution is 2.50. The summed E-state index contributed by atoms with van der Waals surface area (Å²) in [6.07, 6.45) is 2.63. The molecule has 2 aromatic rings. The van der Waals surface area contributed by atoms with Crippen LogP contribution in [0.3, 0.4) is 0 Å². The van der Waals surface area contributed by atoms with E-state index in [0.717, 1.165) is 15.7 Å². The third-order valence-electron chi connectivity index (χ3n) is 5.90. The van der Waals surface area contributed by atoms with E-state index < -0.39 is 11.9 Å². The van der Waals surface area contributed by atoms with Crippen LogP contribution in [0, 0.1) is 5.41 Å². The molecule has 0 saturated carbocycles. The second-order valence-corrected chi connectivity index (χ2v) is 10.3. The zero-order valence-electron chi connectivity index (χ0n) is 18.7. The Morgan fingerprint density at radius 2 is 1.94 bits per heavy atom. The van der Waals surface area contributed by atoms with Gasteiger partial charge in [0.2, 0.25) is 0 Å². The third-order valence-corrected chi connectivity index (χ3v) is 6.62. The number of halogens is 2. The largest absolute Gasteiger partial charge is 0.463 e. The summed E-state index contributed by atoms with van der Waals surface area (Å²) >= 11 is 9.53. The monoisotopic (exact) mass is 529 g/mol. The molecule has 1 aromatic carbocycles. The van der Waals surface area contributed by atoms with Crippen LogP contribution < -0.4 is 10.6 Å². The lowest BCUT2D eigenvalue weighted by Gasteiger charge is -2.43. The highest BCUT2D eigenvalue weighted by Gasteiger charge is 2.46. The van der Waals surface area contributed by atoms with Crippen LogP contribution in [0.4, 0.5) is 5.82 Å². The Kier molecular flexibility index (Phi) is 6.38. The molecule has 2 heterocycles. The van der Waals surface area contributed by atoms with Crippen molar-refractivity contribution in [2.24, 2.45) is 11.1 Å². The molecule has 172 valence electrons. The number of allylic oxidation sites excluding steroid dienone is 2. The van der Waals surface area contributed by atoms with Gasteiger partial charge in [0.25, 0.3) is 0 Å². The Bertz CT molecular complexity index is 1170. The van der Waals surface area contributed by atoms with Gasteiger partial charge in [-0.05, 0) is 64.5 Å². The van der Waals surface area contributed by atoms with Crippen molar-refractivity contribution in [1.29, 1.82) is 0 Å². The second kappa shape index (κ2) is 8.95. The van der Waals surface area contributed by atoms with Crippen LogP contribution in [0.1, 0.15) is 45.1 Å². The minimum absolute atomic E-state index is 0.0161. The molecule has 8 heteroatoms. The Balaban J connectivity index is 2.01. The fourth-order valence-corrected chi connectivity index (χ4v) is 4.93. The summed E-state index contributed by atoms with van der Waals surface area (Å²) in [5, 5.41) is 0.565. The number of anilines is 1. The molecule has 1 aliphatic heterocycles. The molecular weight excluding hydrogens is 506 g/mol. The van der Waals surface area contributed by atoms with Crippen molar-refractivity contribution < 1.29 is 14.3 Å². The van der Waals surface area contributed by atoms with Crippen molar-refractivity contribution in [3.05, 3.63) is 80.3 Å². The van der Waals surface area contributed by atoms with Crippen LogP contribution in [-0.2, 0) is 14.3 Å². The van der Waals surface area contributed by atoms with E-state index in [9.17, 15) is 9.59 Å². The van der Waals surface area contributed by atoms with Crippen LogP contribution in [0.25, 0.3) is 0 Å². The van der Waals surface area contributed by atoms with Gasteiger partial charge >= 0.3 is 5.97 Å². The minimum atomic E-state index is -0.647. The molecule has 33 heavy (non-hydrogen) atoms. The van der Waals surface area contributed by atoms with E-state index in [-0.39, 0.29) is 29.2 Å². The van der Waals surface area contributed by atoms with Gasteiger partial charge in [-0.3, -0.25) is 9.69 Å². The van der Waals surface area contributed by atoms with E-state index in [4.69, 9.17) is 22.1 Å². The summed E-state index contributed by atoms with van der Waals surface area (Å²) in [7, 11) is 0. The second-order valence-electron chi connectivity index (χ2n) is 8.98. The third kappa shape index (κ3) is 4.44. The number of esters is 1. The molecule has 0 unspecified atom stereocenters. The maximum atomic E-state index is 13.6. The lowest BCUT2D eigenvalue weighted by molar-refractivity contribution is -0.138. The molecule has 1 aliphatic carbocycles. The van der Waals surface area contributed by atoms with Gasteiger partial charge < -0.3 is 10.5 Å². The number of nitrogens with two attached hydrogens (primary N) is 1. The molecule has 0 bridgehead atoms. The van der Waals surface area contributed by atoms with Crippen LogP contribution in [0.2, 0.25) is 5.02 Å². The van der Waals surface area contributed by atoms with E-state index in [1.54, 1.807) is 36.2 Å². The molecular formula is C25H25BrClN3O3. The van der Waals surface area contributed by atoms with Crippen molar-refractivity contribution in [1.82, 2.24) is 4.98 Å². The molecule has 6 nitrogen and oxygen atoms in total. The van der Waals surface area contributed by atoms with Crippen LogP contribution >= 0.6 is 27.5 Å². The fourth-order valence-electron chi connectivity index (χ4n) is 4.57. The SMILES string of the molecule is CCOC(=O)C1=C(N)N(c2ccc(Br)cn2)C2=C(C(=O)CC(C)(C)C2)[C@H]1c1ccc(Cl)cc1. The smallest absolute Gasteiger partial charge is 0.338 e. The zero-order chi connectivity index (χ0) is 23.9. The minimum Gasteiger partial charge on any atom is -0.463 e. The number of nitrogens with zero attached hydrogens (tertiary/aromatic N) is 2. The lowest BCUT2D eigenvalue weighted by atomic mass is 9.68. The molecule has 4 rings (SSSR count). The van der Waals surface area contributed by atoms with Crippen molar-refractivity contribution in [2.75, 3.05) is 11.5 Å². The van der Waals surface area contributed by atoms with Crippen LogP contribution in [-0.4, -0.2) is 23.3 Å². The Hall–Kier alpha value is -2.64. The first-order chi connectivity index (χ1) is 15.6. The molecule has 1 atom stereocenters. The summed E-state index contributed by atoms with van der Waals surface area (Å²) in [6, 6.07) is 10.8. The molecule has 1 aromatic heterocycles. The van der Waals surface area contributed by atoms with Crippen LogP contribution in [0.5, 0.6) is 0 Å². The van der Waals surface area contributed by atoms with Gasteiger partial charge in [-0.1, -0.05) is 37.6 Å². The van der Waals surface area contributed by atoms with E-state index in [2.05, 4.69) is 34.8 Å². The van der Waals surface area contributed by atoms with Gasteiger partial charge in [0.1, 0.15) is 11.6 Å². The maximum absolute atomic E-state index is 13.6. The summed E-state index contributed by atoms with van der Waals surface area (Å²) in [6.45, 7) is 6.04. The molecule has 0 amide bonds. The molecule has 0 saturated heterocycles. The standard InChI is InChI=1S/C25H25BrClN3O3/c1-4-33-24(32)22-20(14-5-8-16(27)9-6-14)21-17(11-25(2,3)12-18(21)31)30(23(22)28)19-10-7-15(26)13-29-19/h5-10,13,20H,4,11-12,28H2,1-3H3/t20-/m1/s1. The number of carbonyl (C=O) groups excluding carboxylic acids is 2. The van der Waals surface area contributed by atoms with Gasteiger partial charge in [0.05, 0.1) is 18.1 Å². The van der Waals surface area contributed by atoms with Gasteiger partial charge in [0.15, 0.2) is 5.78 Å². The van der Waals surface area contributed by atoms with Gasteiger partial charge in [-0.2, -0.15) is 0 Å². The average Bonchev–Trinajstić information content (AvgIpc) is 2.74. The number of carbonyl (C=O) groups is 2. The molecule has 0 fully saturated rings. The van der Waals surface area contributed by atoms with Gasteiger partial charge in [-0.25, -0.2) is 9.78 Å². The first kappa shape index (κ1) is 23.5. The lowest BCUT2D eigenvalue weighted by Crippen LogP contribution is -2.44. The number of ketones is 1. The van der Waals surface area contributed by atoms with E-state index in [0.29, 0.717) is 29.3 Å². The topological polar surface area (TPSA) is 85.5 Å². The van der Waals surface area contributed by atoms with Gasteiger partial charge in [0, 0.05) is 33.4 Å². The number of hydrogen-bond acceptors (Lipinski definition) is 6. The average molecular weight is 531 g/mol. The summed E-state index contributed by atoms with van der Waals surface area (Å²) in [5.74, 6) is -0.469. The highest BCUT2D eigenvalue weighted by atomic mass is 79.9. The predicted octanol–water partition coefficient (Wildman–Crippen LogP) is 5.48. The normalized spacial score (nSPS) is 20.1. The number of rotatable bonds is 4. The summed E-state index contributed by atoms with van der Waals surface area (Å²) in [4.78, 5) is 33.1. The van der Waals surface area contributed by atoms with Gasteiger partial charge in [-0.15, -0.1) is 0 Å². The Morgan fingerprint density at radius 3 is 2.55 bits per heavy atom. The molecule has 0 radical (unpaired) electrons. The van der Waals surface area contributed by atoms with Crippen molar-refractivity contribution in [3.8, 4) is 0 Å². The quantitative estimate of drug-likeness (QED) is 0.527. The zero-order valence-corrected chi connectivity index (χ0v) is 21.0. The Labute approximate surface area is 206 Å². The first-order valence-corrected chi connectivity index (χ1v) is 11.9. The van der Waals surface area contributed by atoms with E-state index in [1.807, 2.05) is 18.2 Å². The van der Waals surface area contributed by atoms with Crippen molar-refractivity contribution in [3.63, 3.8) is 0 Å². The number of aromatic nitrogens is 1. The highest BCUT2D eigenvalue weighted by molar-refractivity contribution is 9.10. The summed E-state index contributed by atoms with van der Waals surface area (Å²) < 4.78 is 6.21. The van der Waals surface area contributed by atoms with Crippen LogP contribution in [0.15, 0.2) is 69.7 Å². The molecule has 2 aliphatic rings. The maximum Gasteiger partial charge on any atom is 0.338 e. The number of pyridine rings is 1. The number of Topliss-reactive ketones (excluding diaryl/α,β-unsaturated/α-hetero) is 1. The molecule has 0 spiro atoms. The number of benzene rings is 1. The predicted molar refractivity (Wildman–Crippen MR) is 132 cm³/mol. The number of ether oxygens (including phenoxy) is 1.